The lowest BCUT2D eigenvalue weighted by molar-refractivity contribution is 0.0869. The van der Waals surface area contributed by atoms with Gasteiger partial charge in [-0.2, -0.15) is 0 Å². The fourth-order valence-corrected chi connectivity index (χ4v) is 3.22. The number of carbonyl (C=O) groups is 1. The summed E-state index contributed by atoms with van der Waals surface area (Å²) in [4.78, 5) is 16.2. The van der Waals surface area contributed by atoms with Crippen LogP contribution in [0.2, 0.25) is 0 Å². The minimum Gasteiger partial charge on any atom is -0.438 e. The van der Waals surface area contributed by atoms with Crippen molar-refractivity contribution in [1.82, 2.24) is 10.3 Å². The summed E-state index contributed by atoms with van der Waals surface area (Å²) < 4.78 is 5.16. The van der Waals surface area contributed by atoms with Crippen LogP contribution >= 0.6 is 0 Å². The number of aryl methyl sites for hydroxylation is 1. The molecular formula is C16H26N2O2. The van der Waals surface area contributed by atoms with E-state index in [0.29, 0.717) is 11.5 Å². The first kappa shape index (κ1) is 15.1. The summed E-state index contributed by atoms with van der Waals surface area (Å²) in [5, 5.41) is 3.09. The lowest BCUT2D eigenvalue weighted by Crippen LogP contribution is -2.44. The van der Waals surface area contributed by atoms with Crippen LogP contribution in [0.25, 0.3) is 0 Å². The third-order valence-corrected chi connectivity index (χ3v) is 4.18. The Morgan fingerprint density at radius 2 is 2.00 bits per heavy atom. The highest BCUT2D eigenvalue weighted by atomic mass is 16.3. The Morgan fingerprint density at radius 3 is 2.55 bits per heavy atom. The van der Waals surface area contributed by atoms with Gasteiger partial charge in [-0.3, -0.25) is 4.79 Å². The van der Waals surface area contributed by atoms with Crippen LogP contribution < -0.4 is 5.32 Å². The number of oxazole rings is 1. The van der Waals surface area contributed by atoms with Gasteiger partial charge in [0.1, 0.15) is 0 Å². The number of amides is 1. The number of hydrogen-bond acceptors (Lipinski definition) is 3. The standard InChI is InChI=1S/C16H26N2O2/c1-12-14(20-11-17-12)15(19)18-16(2,3)10-13-8-6-4-5-7-9-13/h11,13H,4-10H2,1-3H3,(H,18,19). The molecule has 0 saturated heterocycles. The van der Waals surface area contributed by atoms with E-state index in [0.717, 1.165) is 12.3 Å². The molecule has 1 aliphatic rings. The van der Waals surface area contributed by atoms with Gasteiger partial charge >= 0.3 is 0 Å². The number of carbonyl (C=O) groups excluding carboxylic acids is 1. The van der Waals surface area contributed by atoms with Crippen molar-refractivity contribution in [2.24, 2.45) is 5.92 Å². The first-order valence-electron chi connectivity index (χ1n) is 7.70. The predicted molar refractivity (Wildman–Crippen MR) is 78.6 cm³/mol. The molecule has 1 aromatic rings. The summed E-state index contributed by atoms with van der Waals surface area (Å²) in [6, 6.07) is 0. The molecule has 1 aliphatic carbocycles. The zero-order valence-corrected chi connectivity index (χ0v) is 12.9. The van der Waals surface area contributed by atoms with E-state index in [4.69, 9.17) is 4.42 Å². The Morgan fingerprint density at radius 1 is 1.35 bits per heavy atom. The van der Waals surface area contributed by atoms with E-state index >= 15 is 0 Å². The lowest BCUT2D eigenvalue weighted by Gasteiger charge is -2.30. The molecule has 20 heavy (non-hydrogen) atoms. The minimum absolute atomic E-state index is 0.154. The van der Waals surface area contributed by atoms with Gasteiger partial charge in [0.2, 0.25) is 5.76 Å². The highest BCUT2D eigenvalue weighted by molar-refractivity contribution is 5.92. The zero-order valence-electron chi connectivity index (χ0n) is 12.9. The highest BCUT2D eigenvalue weighted by Gasteiger charge is 2.27. The van der Waals surface area contributed by atoms with Crippen molar-refractivity contribution in [3.8, 4) is 0 Å². The number of nitrogens with one attached hydrogen (secondary N) is 1. The Bertz CT molecular complexity index is 443. The predicted octanol–water partition coefficient (Wildman–Crippen LogP) is 3.85. The Labute approximate surface area is 121 Å². The number of hydrogen-bond donors (Lipinski definition) is 1. The van der Waals surface area contributed by atoms with Crippen molar-refractivity contribution in [3.05, 3.63) is 17.8 Å². The Kier molecular flexibility index (Phi) is 4.84. The number of nitrogens with zero attached hydrogens (tertiary/aromatic N) is 1. The second-order valence-electron chi connectivity index (χ2n) is 6.67. The Balaban J connectivity index is 1.92. The number of aromatic nitrogens is 1. The molecule has 0 atom stereocenters. The SMILES string of the molecule is Cc1ncoc1C(=O)NC(C)(C)CC1CCCCCC1. The van der Waals surface area contributed by atoms with E-state index in [1.165, 1.54) is 44.9 Å². The molecule has 2 rings (SSSR count). The molecule has 0 aliphatic heterocycles. The van der Waals surface area contributed by atoms with Gasteiger partial charge in [0.25, 0.3) is 5.91 Å². The maximum absolute atomic E-state index is 12.2. The summed E-state index contributed by atoms with van der Waals surface area (Å²) in [6.07, 6.45) is 10.3. The summed E-state index contributed by atoms with van der Waals surface area (Å²) in [5.74, 6) is 0.904. The molecule has 0 aromatic carbocycles. The normalized spacial score (nSPS) is 17.8. The molecule has 1 fully saturated rings. The van der Waals surface area contributed by atoms with Crippen LogP contribution in [0, 0.1) is 12.8 Å². The molecule has 1 N–H and O–H groups in total. The van der Waals surface area contributed by atoms with E-state index in [-0.39, 0.29) is 11.4 Å². The van der Waals surface area contributed by atoms with Crippen molar-refractivity contribution < 1.29 is 9.21 Å². The quantitative estimate of drug-likeness (QED) is 0.851. The fourth-order valence-electron chi connectivity index (χ4n) is 3.22. The molecule has 1 aromatic heterocycles. The van der Waals surface area contributed by atoms with E-state index < -0.39 is 0 Å². The molecule has 1 amide bonds. The van der Waals surface area contributed by atoms with Crippen LogP contribution in [-0.2, 0) is 0 Å². The molecule has 0 bridgehead atoms. The average molecular weight is 278 g/mol. The van der Waals surface area contributed by atoms with Crippen LogP contribution in [0.1, 0.15) is 75.0 Å². The summed E-state index contributed by atoms with van der Waals surface area (Å²) in [5.41, 5.74) is 0.443. The van der Waals surface area contributed by atoms with Gasteiger partial charge in [0.15, 0.2) is 6.39 Å². The fraction of sp³-hybridized carbons (Fsp3) is 0.750. The molecule has 0 radical (unpaired) electrons. The summed E-state index contributed by atoms with van der Waals surface area (Å²) >= 11 is 0. The maximum Gasteiger partial charge on any atom is 0.289 e. The molecule has 1 heterocycles. The van der Waals surface area contributed by atoms with E-state index in [1.807, 2.05) is 0 Å². The van der Waals surface area contributed by atoms with E-state index in [1.54, 1.807) is 6.92 Å². The van der Waals surface area contributed by atoms with Crippen LogP contribution in [0.15, 0.2) is 10.8 Å². The van der Waals surface area contributed by atoms with Crippen LogP contribution in [0.3, 0.4) is 0 Å². The van der Waals surface area contributed by atoms with Gasteiger partial charge in [0.05, 0.1) is 5.69 Å². The zero-order chi connectivity index (χ0) is 14.6. The topological polar surface area (TPSA) is 55.1 Å². The van der Waals surface area contributed by atoms with Gasteiger partial charge < -0.3 is 9.73 Å². The largest absolute Gasteiger partial charge is 0.438 e. The van der Waals surface area contributed by atoms with Crippen molar-refractivity contribution in [2.45, 2.75) is 71.3 Å². The molecule has 0 unspecified atom stereocenters. The first-order valence-corrected chi connectivity index (χ1v) is 7.70. The summed E-state index contributed by atoms with van der Waals surface area (Å²) in [6.45, 7) is 5.99. The van der Waals surface area contributed by atoms with Crippen molar-refractivity contribution in [3.63, 3.8) is 0 Å². The second-order valence-corrected chi connectivity index (χ2v) is 6.67. The lowest BCUT2D eigenvalue weighted by atomic mass is 9.86. The van der Waals surface area contributed by atoms with E-state index in [9.17, 15) is 4.79 Å². The molecule has 112 valence electrons. The van der Waals surface area contributed by atoms with Gasteiger partial charge in [0, 0.05) is 5.54 Å². The third-order valence-electron chi connectivity index (χ3n) is 4.18. The third kappa shape index (κ3) is 4.09. The van der Waals surface area contributed by atoms with Gasteiger partial charge in [-0.25, -0.2) is 4.98 Å². The molecule has 0 spiro atoms. The van der Waals surface area contributed by atoms with Gasteiger partial charge in [-0.1, -0.05) is 38.5 Å². The second kappa shape index (κ2) is 6.42. The first-order chi connectivity index (χ1) is 9.48. The van der Waals surface area contributed by atoms with Crippen LogP contribution in [-0.4, -0.2) is 16.4 Å². The van der Waals surface area contributed by atoms with Gasteiger partial charge in [-0.05, 0) is 33.1 Å². The van der Waals surface area contributed by atoms with Crippen LogP contribution in [0.4, 0.5) is 0 Å². The van der Waals surface area contributed by atoms with Gasteiger partial charge in [-0.15, -0.1) is 0 Å². The van der Waals surface area contributed by atoms with Crippen molar-refractivity contribution in [2.75, 3.05) is 0 Å². The minimum atomic E-state index is -0.203. The monoisotopic (exact) mass is 278 g/mol. The smallest absolute Gasteiger partial charge is 0.289 e. The van der Waals surface area contributed by atoms with Crippen molar-refractivity contribution in [1.29, 1.82) is 0 Å². The molecule has 4 nitrogen and oxygen atoms in total. The number of rotatable bonds is 4. The Hall–Kier alpha value is -1.32. The maximum atomic E-state index is 12.2. The molecular weight excluding hydrogens is 252 g/mol. The molecule has 4 heteroatoms. The molecule has 1 saturated carbocycles. The van der Waals surface area contributed by atoms with Crippen molar-refractivity contribution >= 4 is 5.91 Å². The highest BCUT2D eigenvalue weighted by Crippen LogP contribution is 2.29. The van der Waals surface area contributed by atoms with Crippen LogP contribution in [0.5, 0.6) is 0 Å². The average Bonchev–Trinajstić information content (AvgIpc) is 2.63. The summed E-state index contributed by atoms with van der Waals surface area (Å²) in [7, 11) is 0. The van der Waals surface area contributed by atoms with E-state index in [2.05, 4.69) is 24.1 Å².